The maximum atomic E-state index is 5.50. The van der Waals surface area contributed by atoms with Crippen molar-refractivity contribution in [2.24, 2.45) is 0 Å². The number of ether oxygens (including phenoxy) is 2. The van der Waals surface area contributed by atoms with E-state index in [2.05, 4.69) is 36.3 Å². The number of nitrogens with one attached hydrogen (secondary N) is 1. The van der Waals surface area contributed by atoms with E-state index in [1.165, 1.54) is 5.56 Å². The van der Waals surface area contributed by atoms with E-state index in [4.69, 9.17) is 9.47 Å². The Labute approximate surface area is 122 Å². The zero-order chi connectivity index (χ0) is 14.4. The highest BCUT2D eigenvalue weighted by atomic mass is 16.5. The lowest BCUT2D eigenvalue weighted by molar-refractivity contribution is 0.152. The van der Waals surface area contributed by atoms with Crippen LogP contribution < -0.4 is 10.1 Å². The molecule has 1 N–H and O–H groups in total. The number of nitrogens with zero attached hydrogens (tertiary/aromatic N) is 1. The zero-order valence-corrected chi connectivity index (χ0v) is 12.8. The summed E-state index contributed by atoms with van der Waals surface area (Å²) in [7, 11) is 3.91. The van der Waals surface area contributed by atoms with Gasteiger partial charge in [-0.1, -0.05) is 25.1 Å². The number of hydrogen-bond donors (Lipinski definition) is 1. The second-order valence-corrected chi connectivity index (χ2v) is 5.31. The van der Waals surface area contributed by atoms with Gasteiger partial charge in [-0.15, -0.1) is 0 Å². The van der Waals surface area contributed by atoms with Gasteiger partial charge in [-0.3, -0.25) is 4.90 Å². The van der Waals surface area contributed by atoms with Gasteiger partial charge in [-0.25, -0.2) is 0 Å². The first kappa shape index (κ1) is 15.3. The third kappa shape index (κ3) is 3.72. The molecule has 2 atom stereocenters. The van der Waals surface area contributed by atoms with E-state index in [1.54, 1.807) is 7.11 Å². The summed E-state index contributed by atoms with van der Waals surface area (Å²) in [5.74, 6) is 0.953. The van der Waals surface area contributed by atoms with Crippen LogP contribution in [0.4, 0.5) is 0 Å². The third-order valence-electron chi connectivity index (χ3n) is 3.96. The topological polar surface area (TPSA) is 33.7 Å². The fourth-order valence-corrected chi connectivity index (χ4v) is 2.78. The first-order valence-corrected chi connectivity index (χ1v) is 7.40. The molecule has 0 bridgehead atoms. The van der Waals surface area contributed by atoms with Crippen molar-refractivity contribution < 1.29 is 9.47 Å². The van der Waals surface area contributed by atoms with Gasteiger partial charge in [0.15, 0.2) is 0 Å². The van der Waals surface area contributed by atoms with E-state index in [-0.39, 0.29) is 6.04 Å². The Morgan fingerprint density at radius 3 is 2.90 bits per heavy atom. The molecule has 1 aliphatic heterocycles. The van der Waals surface area contributed by atoms with Gasteiger partial charge in [0.1, 0.15) is 5.75 Å². The maximum Gasteiger partial charge on any atom is 0.123 e. The number of rotatable bonds is 7. The highest BCUT2D eigenvalue weighted by Gasteiger charge is 2.24. The number of hydrogen-bond acceptors (Lipinski definition) is 4. The molecule has 0 amide bonds. The highest BCUT2D eigenvalue weighted by Crippen LogP contribution is 2.26. The Hall–Kier alpha value is -1.10. The third-order valence-corrected chi connectivity index (χ3v) is 3.96. The lowest BCUT2D eigenvalue weighted by Crippen LogP contribution is -2.39. The van der Waals surface area contributed by atoms with E-state index < -0.39 is 0 Å². The van der Waals surface area contributed by atoms with Crippen LogP contribution in [0.25, 0.3) is 0 Å². The summed E-state index contributed by atoms with van der Waals surface area (Å²) < 4.78 is 11.0. The lowest BCUT2D eigenvalue weighted by Gasteiger charge is -2.29. The molecule has 0 radical (unpaired) electrons. The van der Waals surface area contributed by atoms with Crippen molar-refractivity contribution >= 4 is 0 Å². The van der Waals surface area contributed by atoms with Crippen LogP contribution in [0.15, 0.2) is 24.3 Å². The van der Waals surface area contributed by atoms with Gasteiger partial charge in [0.25, 0.3) is 0 Å². The molecule has 1 saturated heterocycles. The molecule has 1 aromatic carbocycles. The van der Waals surface area contributed by atoms with Crippen molar-refractivity contribution in [2.45, 2.75) is 25.4 Å². The van der Waals surface area contributed by atoms with Gasteiger partial charge in [-0.05, 0) is 26.1 Å². The summed E-state index contributed by atoms with van der Waals surface area (Å²) in [6, 6.07) is 9.07. The second-order valence-electron chi connectivity index (χ2n) is 5.31. The van der Waals surface area contributed by atoms with Crippen molar-refractivity contribution in [3.8, 4) is 5.75 Å². The summed E-state index contributed by atoms with van der Waals surface area (Å²) >= 11 is 0. The molecular weight excluding hydrogens is 252 g/mol. The van der Waals surface area contributed by atoms with E-state index >= 15 is 0 Å². The van der Waals surface area contributed by atoms with Crippen LogP contribution in [0.2, 0.25) is 0 Å². The predicted molar refractivity (Wildman–Crippen MR) is 81.3 cm³/mol. The summed E-state index contributed by atoms with van der Waals surface area (Å²) in [6.07, 6.45) is 1.13. The Bertz CT molecular complexity index is 405. The number of methoxy groups -OCH3 is 1. The molecule has 2 unspecified atom stereocenters. The van der Waals surface area contributed by atoms with Crippen LogP contribution in [0.1, 0.15) is 24.9 Å². The average molecular weight is 278 g/mol. The van der Waals surface area contributed by atoms with Crippen LogP contribution >= 0.6 is 0 Å². The Balaban J connectivity index is 2.09. The van der Waals surface area contributed by atoms with Crippen LogP contribution in [0.3, 0.4) is 0 Å². The molecule has 0 aliphatic carbocycles. The average Bonchev–Trinajstić information content (AvgIpc) is 3.01. The second kappa shape index (κ2) is 7.62. The fourth-order valence-electron chi connectivity index (χ4n) is 2.78. The quantitative estimate of drug-likeness (QED) is 0.828. The van der Waals surface area contributed by atoms with Crippen molar-refractivity contribution in [2.75, 3.05) is 40.5 Å². The summed E-state index contributed by atoms with van der Waals surface area (Å²) in [6.45, 7) is 5.78. The molecule has 1 aliphatic rings. The summed E-state index contributed by atoms with van der Waals surface area (Å²) in [5.41, 5.74) is 1.22. The van der Waals surface area contributed by atoms with E-state index in [0.717, 1.165) is 38.5 Å². The molecule has 4 heteroatoms. The smallest absolute Gasteiger partial charge is 0.123 e. The minimum atomic E-state index is 0.279. The lowest BCUT2D eigenvalue weighted by atomic mass is 10.0. The van der Waals surface area contributed by atoms with Crippen molar-refractivity contribution in [3.63, 3.8) is 0 Å². The molecule has 4 nitrogen and oxygen atoms in total. The maximum absolute atomic E-state index is 5.50. The molecule has 1 aromatic rings. The first-order chi connectivity index (χ1) is 9.76. The van der Waals surface area contributed by atoms with E-state index in [0.29, 0.717) is 6.04 Å². The number of likely N-dealkylation sites (N-methyl/N-ethyl adjacent to an activating group) is 2. The SMILES string of the molecule is CCNC(CN(C)C1CCOC1)c1ccccc1OC. The van der Waals surface area contributed by atoms with Crippen LogP contribution in [0, 0.1) is 0 Å². The van der Waals surface area contributed by atoms with Crippen LogP contribution in [-0.2, 0) is 4.74 Å². The monoisotopic (exact) mass is 278 g/mol. The minimum absolute atomic E-state index is 0.279. The molecule has 1 heterocycles. The van der Waals surface area contributed by atoms with Crippen molar-refractivity contribution in [1.29, 1.82) is 0 Å². The normalized spacial score (nSPS) is 20.3. The molecule has 0 spiro atoms. The van der Waals surface area contributed by atoms with Gasteiger partial charge >= 0.3 is 0 Å². The van der Waals surface area contributed by atoms with Gasteiger partial charge in [0, 0.05) is 30.8 Å². The number of benzene rings is 1. The van der Waals surface area contributed by atoms with E-state index in [9.17, 15) is 0 Å². The molecule has 1 fully saturated rings. The van der Waals surface area contributed by atoms with E-state index in [1.807, 2.05) is 12.1 Å². The number of para-hydroxylation sites is 1. The largest absolute Gasteiger partial charge is 0.496 e. The molecule has 112 valence electrons. The zero-order valence-electron chi connectivity index (χ0n) is 12.8. The Kier molecular flexibility index (Phi) is 5.83. The van der Waals surface area contributed by atoms with Gasteiger partial charge in [0.2, 0.25) is 0 Å². The Morgan fingerprint density at radius 1 is 1.45 bits per heavy atom. The van der Waals surface area contributed by atoms with Gasteiger partial charge < -0.3 is 14.8 Å². The molecular formula is C16H26N2O2. The summed E-state index contributed by atoms with van der Waals surface area (Å²) in [5, 5.41) is 3.57. The van der Waals surface area contributed by atoms with Crippen molar-refractivity contribution in [3.05, 3.63) is 29.8 Å². The standard InChI is InChI=1S/C16H26N2O2/c1-4-17-15(11-18(2)13-9-10-20-12-13)14-7-5-6-8-16(14)19-3/h5-8,13,15,17H,4,9-12H2,1-3H3. The van der Waals surface area contributed by atoms with Crippen LogP contribution in [-0.4, -0.2) is 51.4 Å². The fraction of sp³-hybridized carbons (Fsp3) is 0.625. The summed E-state index contributed by atoms with van der Waals surface area (Å²) in [4.78, 5) is 2.40. The first-order valence-electron chi connectivity index (χ1n) is 7.40. The van der Waals surface area contributed by atoms with Crippen molar-refractivity contribution in [1.82, 2.24) is 10.2 Å². The molecule has 0 saturated carbocycles. The van der Waals surface area contributed by atoms with Gasteiger partial charge in [0.05, 0.1) is 13.7 Å². The highest BCUT2D eigenvalue weighted by molar-refractivity contribution is 5.36. The predicted octanol–water partition coefficient (Wildman–Crippen LogP) is 2.07. The molecule has 20 heavy (non-hydrogen) atoms. The minimum Gasteiger partial charge on any atom is -0.496 e. The van der Waals surface area contributed by atoms with Gasteiger partial charge in [-0.2, -0.15) is 0 Å². The Morgan fingerprint density at radius 2 is 2.25 bits per heavy atom. The molecule has 2 rings (SSSR count). The molecule has 0 aromatic heterocycles. The van der Waals surface area contributed by atoms with Crippen LogP contribution in [0.5, 0.6) is 5.75 Å².